The molecule has 1 aromatic rings. The van der Waals surface area contributed by atoms with E-state index < -0.39 is 0 Å². The number of methoxy groups -OCH3 is 1. The minimum absolute atomic E-state index is 0.455. The third-order valence-corrected chi connectivity index (χ3v) is 4.40. The summed E-state index contributed by atoms with van der Waals surface area (Å²) in [6, 6.07) is 8.90. The van der Waals surface area contributed by atoms with Crippen molar-refractivity contribution in [3.63, 3.8) is 0 Å². The van der Waals surface area contributed by atoms with E-state index in [1.54, 1.807) is 7.11 Å². The van der Waals surface area contributed by atoms with Crippen LogP contribution in [0, 0.1) is 5.92 Å². The highest BCUT2D eigenvalue weighted by molar-refractivity contribution is 5.29. The Morgan fingerprint density at radius 3 is 2.60 bits per heavy atom. The van der Waals surface area contributed by atoms with Gasteiger partial charge in [0.2, 0.25) is 0 Å². The summed E-state index contributed by atoms with van der Waals surface area (Å²) in [6.45, 7) is 9.33. The maximum atomic E-state index is 5.22. The van der Waals surface area contributed by atoms with Crippen molar-refractivity contribution in [2.24, 2.45) is 5.92 Å². The van der Waals surface area contributed by atoms with Gasteiger partial charge in [0, 0.05) is 12.6 Å². The Labute approximate surface area is 123 Å². The maximum Gasteiger partial charge on any atom is 0.118 e. The van der Waals surface area contributed by atoms with E-state index >= 15 is 0 Å². The molecule has 1 heterocycles. The van der Waals surface area contributed by atoms with Gasteiger partial charge in [-0.25, -0.2) is 0 Å². The number of hydrogen-bond acceptors (Lipinski definition) is 3. The molecule has 1 aliphatic heterocycles. The number of ether oxygens (including phenoxy) is 1. The number of benzene rings is 1. The molecule has 0 bridgehead atoms. The van der Waals surface area contributed by atoms with E-state index in [9.17, 15) is 0 Å². The molecule has 2 atom stereocenters. The minimum Gasteiger partial charge on any atom is -0.497 e. The molecule has 0 saturated carbocycles. The molecule has 0 aliphatic carbocycles. The summed E-state index contributed by atoms with van der Waals surface area (Å²) >= 11 is 0. The van der Waals surface area contributed by atoms with Crippen molar-refractivity contribution in [1.29, 1.82) is 0 Å². The van der Waals surface area contributed by atoms with Crippen LogP contribution in [0.5, 0.6) is 5.75 Å². The largest absolute Gasteiger partial charge is 0.497 e. The monoisotopic (exact) mass is 276 g/mol. The van der Waals surface area contributed by atoms with E-state index in [2.05, 4.69) is 36.2 Å². The van der Waals surface area contributed by atoms with Crippen LogP contribution < -0.4 is 10.1 Å². The summed E-state index contributed by atoms with van der Waals surface area (Å²) in [4.78, 5) is 2.54. The summed E-state index contributed by atoms with van der Waals surface area (Å²) in [7, 11) is 1.71. The van der Waals surface area contributed by atoms with Crippen LogP contribution in [0.15, 0.2) is 24.3 Å². The van der Waals surface area contributed by atoms with Crippen molar-refractivity contribution < 1.29 is 4.74 Å². The smallest absolute Gasteiger partial charge is 0.118 e. The van der Waals surface area contributed by atoms with Crippen molar-refractivity contribution in [2.45, 2.75) is 32.7 Å². The van der Waals surface area contributed by atoms with Gasteiger partial charge in [-0.3, -0.25) is 0 Å². The van der Waals surface area contributed by atoms with Crippen molar-refractivity contribution in [3.05, 3.63) is 29.8 Å². The Morgan fingerprint density at radius 1 is 1.30 bits per heavy atom. The van der Waals surface area contributed by atoms with Gasteiger partial charge in [-0.15, -0.1) is 0 Å². The molecular formula is C17H28N2O. The first-order valence-corrected chi connectivity index (χ1v) is 7.86. The molecule has 112 valence electrons. The normalized spacial score (nSPS) is 21.1. The predicted octanol–water partition coefficient (Wildman–Crippen LogP) is 3.08. The first-order chi connectivity index (χ1) is 9.76. The average Bonchev–Trinajstić information content (AvgIpc) is 2.96. The van der Waals surface area contributed by atoms with E-state index in [1.165, 1.54) is 31.6 Å². The third-order valence-electron chi connectivity index (χ3n) is 4.40. The number of likely N-dealkylation sites (tertiary alicyclic amines) is 1. The average molecular weight is 276 g/mol. The second-order valence-corrected chi connectivity index (χ2v) is 5.69. The summed E-state index contributed by atoms with van der Waals surface area (Å²) in [5.74, 6) is 1.74. The van der Waals surface area contributed by atoms with Crippen molar-refractivity contribution >= 4 is 0 Å². The Balaban J connectivity index is 1.85. The zero-order chi connectivity index (χ0) is 14.4. The van der Waals surface area contributed by atoms with Crippen LogP contribution in [-0.2, 0) is 0 Å². The molecule has 20 heavy (non-hydrogen) atoms. The lowest BCUT2D eigenvalue weighted by Gasteiger charge is -2.20. The van der Waals surface area contributed by atoms with Crippen LogP contribution in [0.25, 0.3) is 0 Å². The maximum absolute atomic E-state index is 5.22. The standard InChI is InChI=1S/C17H28N2O/c1-4-17(15-6-8-16(20-3)9-7-15)18-12-14-10-11-19(5-2)13-14/h6-9,14,17-18H,4-5,10-13H2,1-3H3. The fourth-order valence-electron chi connectivity index (χ4n) is 3.01. The fraction of sp³-hybridized carbons (Fsp3) is 0.647. The number of nitrogens with one attached hydrogen (secondary N) is 1. The fourth-order valence-corrected chi connectivity index (χ4v) is 3.01. The van der Waals surface area contributed by atoms with Crippen LogP contribution in [0.1, 0.15) is 38.3 Å². The van der Waals surface area contributed by atoms with Gasteiger partial charge in [0.05, 0.1) is 7.11 Å². The molecule has 2 unspecified atom stereocenters. The molecule has 0 spiro atoms. The molecule has 0 aromatic heterocycles. The molecule has 1 fully saturated rings. The van der Waals surface area contributed by atoms with Gasteiger partial charge in [0.15, 0.2) is 0 Å². The van der Waals surface area contributed by atoms with Gasteiger partial charge in [-0.05, 0) is 56.1 Å². The van der Waals surface area contributed by atoms with Gasteiger partial charge in [-0.1, -0.05) is 26.0 Å². The highest BCUT2D eigenvalue weighted by Gasteiger charge is 2.21. The molecule has 2 rings (SSSR count). The summed E-state index contributed by atoms with van der Waals surface area (Å²) in [5, 5.41) is 3.74. The number of nitrogens with zero attached hydrogens (tertiary/aromatic N) is 1. The SMILES string of the molecule is CCC(NCC1CCN(CC)C1)c1ccc(OC)cc1. The molecule has 1 aliphatic rings. The first kappa shape index (κ1) is 15.3. The van der Waals surface area contributed by atoms with Gasteiger partial charge >= 0.3 is 0 Å². The molecule has 0 amide bonds. The van der Waals surface area contributed by atoms with Gasteiger partial charge in [0.25, 0.3) is 0 Å². The van der Waals surface area contributed by atoms with Gasteiger partial charge < -0.3 is 15.0 Å². The quantitative estimate of drug-likeness (QED) is 0.828. The lowest BCUT2D eigenvalue weighted by Crippen LogP contribution is -2.29. The van der Waals surface area contributed by atoms with Crippen LogP contribution in [0.4, 0.5) is 0 Å². The second kappa shape index (κ2) is 7.65. The zero-order valence-corrected chi connectivity index (χ0v) is 13.1. The molecule has 1 N–H and O–H groups in total. The lowest BCUT2D eigenvalue weighted by atomic mass is 10.0. The molecule has 0 radical (unpaired) electrons. The van der Waals surface area contributed by atoms with Gasteiger partial charge in [-0.2, -0.15) is 0 Å². The van der Waals surface area contributed by atoms with E-state index in [0.717, 1.165) is 24.6 Å². The summed E-state index contributed by atoms with van der Waals surface area (Å²) < 4.78 is 5.22. The van der Waals surface area contributed by atoms with E-state index in [0.29, 0.717) is 6.04 Å². The Morgan fingerprint density at radius 2 is 2.05 bits per heavy atom. The Kier molecular flexibility index (Phi) is 5.86. The molecule has 3 heteroatoms. The highest BCUT2D eigenvalue weighted by atomic mass is 16.5. The zero-order valence-electron chi connectivity index (χ0n) is 13.1. The second-order valence-electron chi connectivity index (χ2n) is 5.69. The number of hydrogen-bond donors (Lipinski definition) is 1. The van der Waals surface area contributed by atoms with E-state index in [1.807, 2.05) is 12.1 Å². The Bertz CT molecular complexity index is 390. The van der Waals surface area contributed by atoms with Crippen LogP contribution in [-0.4, -0.2) is 38.2 Å². The van der Waals surface area contributed by atoms with Crippen molar-refractivity contribution in [2.75, 3.05) is 33.3 Å². The number of rotatable bonds is 7. The van der Waals surface area contributed by atoms with E-state index in [-0.39, 0.29) is 0 Å². The predicted molar refractivity (Wildman–Crippen MR) is 84.2 cm³/mol. The minimum atomic E-state index is 0.455. The van der Waals surface area contributed by atoms with Crippen LogP contribution >= 0.6 is 0 Å². The molecule has 1 saturated heterocycles. The highest BCUT2D eigenvalue weighted by Crippen LogP contribution is 2.21. The van der Waals surface area contributed by atoms with Crippen molar-refractivity contribution in [1.82, 2.24) is 10.2 Å². The topological polar surface area (TPSA) is 24.5 Å². The molecular weight excluding hydrogens is 248 g/mol. The van der Waals surface area contributed by atoms with E-state index in [4.69, 9.17) is 4.74 Å². The first-order valence-electron chi connectivity index (χ1n) is 7.86. The van der Waals surface area contributed by atoms with Gasteiger partial charge in [0.1, 0.15) is 5.75 Å². The van der Waals surface area contributed by atoms with Crippen molar-refractivity contribution in [3.8, 4) is 5.75 Å². The Hall–Kier alpha value is -1.06. The summed E-state index contributed by atoms with van der Waals surface area (Å²) in [5.41, 5.74) is 1.36. The molecule has 3 nitrogen and oxygen atoms in total. The van der Waals surface area contributed by atoms with Crippen LogP contribution in [0.2, 0.25) is 0 Å². The molecule has 1 aromatic carbocycles. The lowest BCUT2D eigenvalue weighted by molar-refractivity contribution is 0.334. The van der Waals surface area contributed by atoms with Crippen LogP contribution in [0.3, 0.4) is 0 Å². The summed E-state index contributed by atoms with van der Waals surface area (Å²) in [6.07, 6.45) is 2.45. The third kappa shape index (κ3) is 3.97.